The lowest BCUT2D eigenvalue weighted by atomic mass is 10.0. The number of benzene rings is 1. The number of ketones is 1. The zero-order valence-electron chi connectivity index (χ0n) is 9.80. The predicted molar refractivity (Wildman–Crippen MR) is 71.5 cm³/mol. The van der Waals surface area contributed by atoms with Gasteiger partial charge in [0.15, 0.2) is 5.78 Å². The van der Waals surface area contributed by atoms with Crippen LogP contribution in [0.15, 0.2) is 34.1 Å². The first-order valence-electron chi connectivity index (χ1n) is 5.41. The molecule has 20 heavy (non-hydrogen) atoms. The molecule has 0 aliphatic carbocycles. The summed E-state index contributed by atoms with van der Waals surface area (Å²) in [7, 11) is 0. The monoisotopic (exact) mass is 366 g/mol. The fraction of sp³-hybridized carbons (Fsp3) is 0.154. The van der Waals surface area contributed by atoms with E-state index in [-0.39, 0.29) is 6.42 Å². The molecule has 0 aliphatic rings. The molecule has 0 fully saturated rings. The molecule has 0 bridgehead atoms. The Labute approximate surface area is 124 Å². The number of halogens is 5. The molecular formula is C13H7BrF4OS. The molecule has 1 heterocycles. The standard InChI is InChI=1S/C13H7BrF4OS/c14-7-4-8(20-6-7)5-11(19)9-2-1-3-10(12(9)15)13(16,17)18/h1-4,6H,5H2. The topological polar surface area (TPSA) is 17.1 Å². The quantitative estimate of drug-likeness (QED) is 0.545. The second-order valence-corrected chi connectivity index (χ2v) is 5.91. The van der Waals surface area contributed by atoms with Crippen molar-refractivity contribution in [1.29, 1.82) is 0 Å². The number of carbonyl (C=O) groups is 1. The van der Waals surface area contributed by atoms with Gasteiger partial charge in [0.2, 0.25) is 0 Å². The maximum atomic E-state index is 13.8. The van der Waals surface area contributed by atoms with E-state index >= 15 is 0 Å². The highest BCUT2D eigenvalue weighted by molar-refractivity contribution is 9.10. The molecule has 2 aromatic rings. The van der Waals surface area contributed by atoms with Crippen LogP contribution in [0.1, 0.15) is 20.8 Å². The lowest BCUT2D eigenvalue weighted by molar-refractivity contribution is -0.140. The average molecular weight is 367 g/mol. The number of hydrogen-bond donors (Lipinski definition) is 0. The van der Waals surface area contributed by atoms with Crippen molar-refractivity contribution in [3.63, 3.8) is 0 Å². The smallest absolute Gasteiger partial charge is 0.294 e. The number of Topliss-reactive ketones (excluding diaryl/α,β-unsaturated/α-hetero) is 1. The van der Waals surface area contributed by atoms with E-state index in [4.69, 9.17) is 0 Å². The highest BCUT2D eigenvalue weighted by Gasteiger charge is 2.35. The van der Waals surface area contributed by atoms with Crippen LogP contribution in [0.2, 0.25) is 0 Å². The van der Waals surface area contributed by atoms with Gasteiger partial charge < -0.3 is 0 Å². The summed E-state index contributed by atoms with van der Waals surface area (Å²) >= 11 is 4.48. The third kappa shape index (κ3) is 3.27. The molecule has 0 atom stereocenters. The van der Waals surface area contributed by atoms with Crippen LogP contribution in [0, 0.1) is 5.82 Å². The van der Waals surface area contributed by atoms with Crippen molar-refractivity contribution in [2.24, 2.45) is 0 Å². The summed E-state index contributed by atoms with van der Waals surface area (Å²) in [6.07, 6.45) is -4.94. The molecule has 1 aromatic heterocycles. The second kappa shape index (κ2) is 5.65. The number of thiophene rings is 1. The van der Waals surface area contributed by atoms with Crippen molar-refractivity contribution < 1.29 is 22.4 Å². The van der Waals surface area contributed by atoms with Crippen molar-refractivity contribution in [2.45, 2.75) is 12.6 Å². The summed E-state index contributed by atoms with van der Waals surface area (Å²) in [6.45, 7) is 0. The maximum absolute atomic E-state index is 13.8. The minimum atomic E-state index is -4.81. The first kappa shape index (κ1) is 15.2. The van der Waals surface area contributed by atoms with Gasteiger partial charge in [-0.05, 0) is 34.1 Å². The van der Waals surface area contributed by atoms with Crippen molar-refractivity contribution >= 4 is 33.0 Å². The van der Waals surface area contributed by atoms with Crippen LogP contribution < -0.4 is 0 Å². The van der Waals surface area contributed by atoms with E-state index in [1.54, 1.807) is 11.4 Å². The maximum Gasteiger partial charge on any atom is 0.419 e. The van der Waals surface area contributed by atoms with Gasteiger partial charge in [0.25, 0.3) is 0 Å². The minimum Gasteiger partial charge on any atom is -0.294 e. The summed E-state index contributed by atoms with van der Waals surface area (Å²) in [5.41, 5.74) is -1.96. The van der Waals surface area contributed by atoms with Gasteiger partial charge in [-0.15, -0.1) is 11.3 Å². The van der Waals surface area contributed by atoms with Gasteiger partial charge in [-0.1, -0.05) is 6.07 Å². The van der Waals surface area contributed by atoms with Gasteiger partial charge in [0, 0.05) is 21.2 Å². The van der Waals surface area contributed by atoms with E-state index in [9.17, 15) is 22.4 Å². The fourth-order valence-corrected chi connectivity index (χ4v) is 3.12. The molecule has 106 valence electrons. The molecule has 0 saturated carbocycles. The molecule has 0 radical (unpaired) electrons. The highest BCUT2D eigenvalue weighted by Crippen LogP contribution is 2.32. The van der Waals surface area contributed by atoms with Gasteiger partial charge in [0.05, 0.1) is 11.1 Å². The molecule has 0 amide bonds. The number of rotatable bonds is 3. The van der Waals surface area contributed by atoms with Crippen LogP contribution >= 0.6 is 27.3 Å². The van der Waals surface area contributed by atoms with Gasteiger partial charge in [-0.2, -0.15) is 13.2 Å². The Morgan fingerprint density at radius 3 is 2.55 bits per heavy atom. The zero-order chi connectivity index (χ0) is 14.9. The second-order valence-electron chi connectivity index (χ2n) is 4.00. The average Bonchev–Trinajstić information content (AvgIpc) is 2.73. The third-order valence-electron chi connectivity index (χ3n) is 2.56. The summed E-state index contributed by atoms with van der Waals surface area (Å²) in [6, 6.07) is 4.39. The molecular weight excluding hydrogens is 360 g/mol. The van der Waals surface area contributed by atoms with E-state index in [0.717, 1.165) is 16.6 Å². The van der Waals surface area contributed by atoms with Gasteiger partial charge >= 0.3 is 6.18 Å². The van der Waals surface area contributed by atoms with Crippen LogP contribution in [0.25, 0.3) is 0 Å². The summed E-state index contributed by atoms with van der Waals surface area (Å²) in [4.78, 5) is 12.6. The normalized spacial score (nSPS) is 11.7. The first-order valence-corrected chi connectivity index (χ1v) is 7.08. The predicted octanol–water partition coefficient (Wildman–Crippen LogP) is 5.09. The van der Waals surface area contributed by atoms with Crippen LogP contribution in [-0.4, -0.2) is 5.78 Å². The molecule has 0 aliphatic heterocycles. The van der Waals surface area contributed by atoms with E-state index in [0.29, 0.717) is 10.9 Å². The molecule has 1 nitrogen and oxygen atoms in total. The first-order chi connectivity index (χ1) is 9.29. The molecule has 0 spiro atoms. The Morgan fingerprint density at radius 2 is 2.00 bits per heavy atom. The fourth-order valence-electron chi connectivity index (χ4n) is 1.67. The molecule has 2 rings (SSSR count). The molecule has 0 saturated heterocycles. The number of hydrogen-bond acceptors (Lipinski definition) is 2. The van der Waals surface area contributed by atoms with Crippen LogP contribution in [0.4, 0.5) is 17.6 Å². The van der Waals surface area contributed by atoms with Gasteiger partial charge in [0.1, 0.15) is 5.82 Å². The van der Waals surface area contributed by atoms with Crippen molar-refractivity contribution in [3.05, 3.63) is 55.9 Å². The van der Waals surface area contributed by atoms with Crippen molar-refractivity contribution in [3.8, 4) is 0 Å². The number of alkyl halides is 3. The highest BCUT2D eigenvalue weighted by atomic mass is 79.9. The number of carbonyl (C=O) groups excluding carboxylic acids is 1. The molecule has 7 heteroatoms. The minimum absolute atomic E-state index is 0.130. The van der Waals surface area contributed by atoms with E-state index in [1.807, 2.05) is 0 Å². The summed E-state index contributed by atoms with van der Waals surface area (Å²) < 4.78 is 52.3. The lowest BCUT2D eigenvalue weighted by Crippen LogP contribution is -2.13. The van der Waals surface area contributed by atoms with E-state index < -0.39 is 28.9 Å². The SMILES string of the molecule is O=C(Cc1cc(Br)cs1)c1cccc(C(F)(F)F)c1F. The molecule has 0 N–H and O–H groups in total. The largest absolute Gasteiger partial charge is 0.419 e. The Bertz CT molecular complexity index is 648. The van der Waals surface area contributed by atoms with Crippen LogP contribution in [0.3, 0.4) is 0 Å². The van der Waals surface area contributed by atoms with Crippen molar-refractivity contribution in [2.75, 3.05) is 0 Å². The Kier molecular flexibility index (Phi) is 4.29. The lowest BCUT2D eigenvalue weighted by Gasteiger charge is -2.10. The molecule has 1 aromatic carbocycles. The summed E-state index contributed by atoms with van der Waals surface area (Å²) in [5, 5.41) is 1.74. The summed E-state index contributed by atoms with van der Waals surface area (Å²) in [5.74, 6) is -2.19. The van der Waals surface area contributed by atoms with Gasteiger partial charge in [-0.25, -0.2) is 4.39 Å². The third-order valence-corrected chi connectivity index (χ3v) is 4.26. The van der Waals surface area contributed by atoms with E-state index in [1.165, 1.54) is 11.3 Å². The van der Waals surface area contributed by atoms with Gasteiger partial charge in [-0.3, -0.25) is 4.79 Å². The van der Waals surface area contributed by atoms with E-state index in [2.05, 4.69) is 15.9 Å². The Hall–Kier alpha value is -1.21. The Morgan fingerprint density at radius 1 is 1.30 bits per heavy atom. The Balaban J connectivity index is 2.31. The van der Waals surface area contributed by atoms with Crippen LogP contribution in [0.5, 0.6) is 0 Å². The molecule has 0 unspecified atom stereocenters. The zero-order valence-corrected chi connectivity index (χ0v) is 12.2. The van der Waals surface area contributed by atoms with Crippen molar-refractivity contribution in [1.82, 2.24) is 0 Å². The van der Waals surface area contributed by atoms with Crippen LogP contribution in [-0.2, 0) is 12.6 Å².